The van der Waals surface area contributed by atoms with Crippen molar-refractivity contribution in [3.63, 3.8) is 0 Å². The predicted octanol–water partition coefficient (Wildman–Crippen LogP) is 3.44. The second-order valence-electron chi connectivity index (χ2n) is 4.70. The highest BCUT2D eigenvalue weighted by Crippen LogP contribution is 2.35. The summed E-state index contributed by atoms with van der Waals surface area (Å²) in [6, 6.07) is 15.6. The van der Waals surface area contributed by atoms with Crippen molar-refractivity contribution in [2.75, 3.05) is 13.7 Å². The van der Waals surface area contributed by atoms with Crippen LogP contribution in [-0.2, 0) is 0 Å². The first-order valence-electron chi connectivity index (χ1n) is 6.60. The molecule has 1 aliphatic heterocycles. The minimum atomic E-state index is -0.116. The van der Waals surface area contributed by atoms with Gasteiger partial charge in [0.25, 0.3) is 0 Å². The third kappa shape index (κ3) is 2.47. The molecule has 0 fully saturated rings. The summed E-state index contributed by atoms with van der Waals surface area (Å²) < 4.78 is 11.8. The van der Waals surface area contributed by atoms with Gasteiger partial charge < -0.3 is 14.8 Å². The van der Waals surface area contributed by atoms with Crippen molar-refractivity contribution in [1.29, 1.82) is 0 Å². The Morgan fingerprint density at radius 2 is 1.90 bits per heavy atom. The molecular formula is C16H16ClNO2. The number of rotatable bonds is 3. The molecule has 1 aliphatic rings. The van der Waals surface area contributed by atoms with Crippen LogP contribution in [0.3, 0.4) is 0 Å². The minimum Gasteiger partial charge on any atom is -0.489 e. The largest absolute Gasteiger partial charge is 0.489 e. The molecule has 2 atom stereocenters. The van der Waals surface area contributed by atoms with Crippen molar-refractivity contribution in [2.24, 2.45) is 0 Å². The van der Waals surface area contributed by atoms with E-state index in [2.05, 4.69) is 11.4 Å². The molecule has 4 heteroatoms. The van der Waals surface area contributed by atoms with E-state index >= 15 is 0 Å². The number of benzene rings is 2. The monoisotopic (exact) mass is 289 g/mol. The second-order valence-corrected chi connectivity index (χ2v) is 5.11. The fourth-order valence-electron chi connectivity index (χ4n) is 2.48. The van der Waals surface area contributed by atoms with Gasteiger partial charge >= 0.3 is 0 Å². The van der Waals surface area contributed by atoms with Gasteiger partial charge in [-0.15, -0.1) is 0 Å². The van der Waals surface area contributed by atoms with E-state index < -0.39 is 0 Å². The normalized spacial score (nSPS) is 20.9. The number of hydrogen-bond acceptors (Lipinski definition) is 3. The van der Waals surface area contributed by atoms with Crippen LogP contribution in [0.1, 0.15) is 11.6 Å². The summed E-state index contributed by atoms with van der Waals surface area (Å²) in [4.78, 5) is 0. The van der Waals surface area contributed by atoms with Crippen molar-refractivity contribution in [3.05, 3.63) is 59.1 Å². The summed E-state index contributed by atoms with van der Waals surface area (Å²) in [5, 5.41) is 3.91. The maximum absolute atomic E-state index is 6.15. The van der Waals surface area contributed by atoms with Crippen LogP contribution in [0.4, 0.5) is 0 Å². The SMILES string of the molecule is CNC1c2ccccc2OCC1Oc1ccccc1Cl. The van der Waals surface area contributed by atoms with E-state index in [-0.39, 0.29) is 12.1 Å². The van der Waals surface area contributed by atoms with E-state index in [1.54, 1.807) is 0 Å². The van der Waals surface area contributed by atoms with E-state index in [0.29, 0.717) is 17.4 Å². The van der Waals surface area contributed by atoms with E-state index in [0.717, 1.165) is 11.3 Å². The van der Waals surface area contributed by atoms with Gasteiger partial charge in [0.05, 0.1) is 11.1 Å². The Hall–Kier alpha value is -1.71. The van der Waals surface area contributed by atoms with E-state index in [9.17, 15) is 0 Å². The quantitative estimate of drug-likeness (QED) is 0.939. The zero-order valence-electron chi connectivity index (χ0n) is 11.2. The van der Waals surface area contributed by atoms with Gasteiger partial charge in [0.1, 0.15) is 18.1 Å². The molecule has 1 heterocycles. The third-order valence-corrected chi connectivity index (χ3v) is 3.77. The number of likely N-dealkylation sites (N-methyl/N-ethyl adjacent to an activating group) is 1. The zero-order chi connectivity index (χ0) is 13.9. The number of fused-ring (bicyclic) bond motifs is 1. The van der Waals surface area contributed by atoms with E-state index in [1.807, 2.05) is 49.5 Å². The summed E-state index contributed by atoms with van der Waals surface area (Å²) in [6.07, 6.45) is -0.116. The van der Waals surface area contributed by atoms with E-state index in [1.165, 1.54) is 0 Å². The van der Waals surface area contributed by atoms with Gasteiger partial charge in [-0.1, -0.05) is 41.9 Å². The van der Waals surface area contributed by atoms with Crippen LogP contribution >= 0.6 is 11.6 Å². The lowest BCUT2D eigenvalue weighted by molar-refractivity contribution is 0.0775. The fraction of sp³-hybridized carbons (Fsp3) is 0.250. The molecule has 2 aromatic rings. The Kier molecular flexibility index (Phi) is 3.81. The summed E-state index contributed by atoms with van der Waals surface area (Å²) in [5.41, 5.74) is 1.11. The Morgan fingerprint density at radius 3 is 2.70 bits per heavy atom. The molecule has 2 unspecified atom stereocenters. The smallest absolute Gasteiger partial charge is 0.152 e. The molecule has 2 aromatic carbocycles. The highest BCUT2D eigenvalue weighted by Gasteiger charge is 2.31. The molecule has 0 aromatic heterocycles. The topological polar surface area (TPSA) is 30.5 Å². The number of nitrogens with one attached hydrogen (secondary N) is 1. The molecular weight excluding hydrogens is 274 g/mol. The Morgan fingerprint density at radius 1 is 1.15 bits per heavy atom. The molecule has 0 radical (unpaired) electrons. The molecule has 0 spiro atoms. The number of hydrogen-bond donors (Lipinski definition) is 1. The summed E-state index contributed by atoms with van der Waals surface area (Å²) >= 11 is 6.15. The standard InChI is InChI=1S/C16H16ClNO2/c1-18-16-11-6-2-4-8-13(11)19-10-15(16)20-14-9-5-3-7-12(14)17/h2-9,15-16,18H,10H2,1H3. The first-order chi connectivity index (χ1) is 9.79. The van der Waals surface area contributed by atoms with Crippen molar-refractivity contribution in [3.8, 4) is 11.5 Å². The average Bonchev–Trinajstić information content (AvgIpc) is 2.49. The average molecular weight is 290 g/mol. The maximum Gasteiger partial charge on any atom is 0.152 e. The molecule has 0 amide bonds. The van der Waals surface area contributed by atoms with Gasteiger partial charge in [-0.3, -0.25) is 0 Å². The van der Waals surface area contributed by atoms with Gasteiger partial charge in [0.2, 0.25) is 0 Å². The lowest BCUT2D eigenvalue weighted by Gasteiger charge is -2.33. The summed E-state index contributed by atoms with van der Waals surface area (Å²) in [5.74, 6) is 1.59. The summed E-state index contributed by atoms with van der Waals surface area (Å²) in [6.45, 7) is 0.494. The number of para-hydroxylation sites is 2. The first kappa shape index (κ1) is 13.3. The van der Waals surface area contributed by atoms with Gasteiger partial charge in [-0.05, 0) is 25.2 Å². The lowest BCUT2D eigenvalue weighted by Crippen LogP contribution is -2.41. The highest BCUT2D eigenvalue weighted by molar-refractivity contribution is 6.32. The molecule has 3 nitrogen and oxygen atoms in total. The van der Waals surface area contributed by atoms with Crippen molar-refractivity contribution in [2.45, 2.75) is 12.1 Å². The predicted molar refractivity (Wildman–Crippen MR) is 79.6 cm³/mol. The molecule has 0 aliphatic carbocycles. The van der Waals surface area contributed by atoms with Crippen molar-refractivity contribution in [1.82, 2.24) is 5.32 Å². The fourth-order valence-corrected chi connectivity index (χ4v) is 2.66. The molecule has 0 saturated heterocycles. The van der Waals surface area contributed by atoms with Crippen LogP contribution in [0.15, 0.2) is 48.5 Å². The van der Waals surface area contributed by atoms with Gasteiger partial charge in [-0.25, -0.2) is 0 Å². The lowest BCUT2D eigenvalue weighted by atomic mass is 9.98. The molecule has 104 valence electrons. The zero-order valence-corrected chi connectivity index (χ0v) is 11.9. The van der Waals surface area contributed by atoms with Gasteiger partial charge in [0.15, 0.2) is 6.10 Å². The van der Waals surface area contributed by atoms with Crippen LogP contribution in [0.2, 0.25) is 5.02 Å². The van der Waals surface area contributed by atoms with Crippen molar-refractivity contribution >= 4 is 11.6 Å². The minimum absolute atomic E-state index is 0.0798. The third-order valence-electron chi connectivity index (χ3n) is 3.45. The van der Waals surface area contributed by atoms with Crippen LogP contribution in [0, 0.1) is 0 Å². The van der Waals surface area contributed by atoms with Crippen LogP contribution in [-0.4, -0.2) is 19.8 Å². The molecule has 3 rings (SSSR count). The molecule has 0 saturated carbocycles. The van der Waals surface area contributed by atoms with Crippen molar-refractivity contribution < 1.29 is 9.47 Å². The molecule has 1 N–H and O–H groups in total. The van der Waals surface area contributed by atoms with Crippen LogP contribution in [0.25, 0.3) is 0 Å². The number of ether oxygens (including phenoxy) is 2. The van der Waals surface area contributed by atoms with Gasteiger partial charge in [0, 0.05) is 5.56 Å². The van der Waals surface area contributed by atoms with E-state index in [4.69, 9.17) is 21.1 Å². The Labute approximate surface area is 123 Å². The summed E-state index contributed by atoms with van der Waals surface area (Å²) in [7, 11) is 1.93. The molecule has 20 heavy (non-hydrogen) atoms. The first-order valence-corrected chi connectivity index (χ1v) is 6.97. The second kappa shape index (κ2) is 5.73. The Bertz CT molecular complexity index is 603. The van der Waals surface area contributed by atoms with Crippen LogP contribution < -0.4 is 14.8 Å². The van der Waals surface area contributed by atoms with Crippen LogP contribution in [0.5, 0.6) is 11.5 Å². The highest BCUT2D eigenvalue weighted by atomic mass is 35.5. The number of halogens is 1. The Balaban J connectivity index is 1.87. The van der Waals surface area contributed by atoms with Gasteiger partial charge in [-0.2, -0.15) is 0 Å². The molecule has 0 bridgehead atoms. The maximum atomic E-state index is 6.15.